The fourth-order valence-electron chi connectivity index (χ4n) is 2.06. The molecule has 3 N–H and O–H groups in total. The number of rotatable bonds is 8. The lowest BCUT2D eigenvalue weighted by molar-refractivity contribution is -0.134. The molecule has 8 heteroatoms. The van der Waals surface area contributed by atoms with Gasteiger partial charge in [-0.3, -0.25) is 0 Å². The van der Waals surface area contributed by atoms with Crippen LogP contribution >= 0.6 is 35.0 Å². The van der Waals surface area contributed by atoms with Crippen LogP contribution in [0.2, 0.25) is 10.0 Å². The predicted octanol–water partition coefficient (Wildman–Crippen LogP) is 5.01. The highest BCUT2D eigenvalue weighted by Crippen LogP contribution is 2.35. The molecule has 0 radical (unpaired) electrons. The quantitative estimate of drug-likeness (QED) is 0.394. The van der Waals surface area contributed by atoms with E-state index in [0.29, 0.717) is 17.2 Å². The summed E-state index contributed by atoms with van der Waals surface area (Å²) >= 11 is 13.9. The van der Waals surface area contributed by atoms with Gasteiger partial charge in [0.25, 0.3) is 0 Å². The first-order valence-electron chi connectivity index (χ1n) is 8.32. The number of carbonyl (C=O) groups is 2. The molecule has 0 aliphatic carbocycles. The van der Waals surface area contributed by atoms with Crippen molar-refractivity contribution < 1.29 is 19.8 Å². The highest BCUT2D eigenvalue weighted by atomic mass is 35.5. The molecule has 0 aliphatic heterocycles. The second-order valence-corrected chi connectivity index (χ2v) is 7.50. The zero-order valence-corrected chi connectivity index (χ0v) is 17.5. The number of halogens is 2. The van der Waals surface area contributed by atoms with E-state index in [9.17, 15) is 9.59 Å². The maximum Gasteiger partial charge on any atom is 0.328 e. The van der Waals surface area contributed by atoms with Crippen molar-refractivity contribution in [3.63, 3.8) is 0 Å². The summed E-state index contributed by atoms with van der Waals surface area (Å²) in [5, 5.41) is 20.2. The normalized spacial score (nSPS) is 10.4. The SMILES string of the molecule is CNCCCc1cccc(Sc2cc(Cl)ccc2Cl)c1.O=C(O)/C=C/C(=O)O. The van der Waals surface area contributed by atoms with Gasteiger partial charge in [-0.05, 0) is 62.3 Å². The molecule has 0 atom stereocenters. The molecule has 150 valence electrons. The van der Waals surface area contributed by atoms with Crippen LogP contribution in [0.15, 0.2) is 64.4 Å². The zero-order valence-electron chi connectivity index (χ0n) is 15.2. The Morgan fingerprint density at radius 1 is 1.07 bits per heavy atom. The minimum Gasteiger partial charge on any atom is -0.478 e. The van der Waals surface area contributed by atoms with Crippen molar-refractivity contribution in [2.24, 2.45) is 0 Å². The summed E-state index contributed by atoms with van der Waals surface area (Å²) in [5.41, 5.74) is 1.35. The van der Waals surface area contributed by atoms with Crippen LogP contribution in [-0.2, 0) is 16.0 Å². The van der Waals surface area contributed by atoms with Crippen molar-refractivity contribution in [2.75, 3.05) is 13.6 Å². The summed E-state index contributed by atoms with van der Waals surface area (Å²) in [6.45, 7) is 1.04. The summed E-state index contributed by atoms with van der Waals surface area (Å²) in [4.78, 5) is 21.3. The fourth-order valence-corrected chi connectivity index (χ4v) is 3.49. The summed E-state index contributed by atoms with van der Waals surface area (Å²) < 4.78 is 0. The molecule has 0 aliphatic rings. The zero-order chi connectivity index (χ0) is 20.9. The number of aryl methyl sites for hydroxylation is 1. The number of hydrogen-bond donors (Lipinski definition) is 3. The second-order valence-electron chi connectivity index (χ2n) is 5.54. The lowest BCUT2D eigenvalue weighted by Gasteiger charge is -2.07. The fraction of sp³-hybridized carbons (Fsp3) is 0.200. The largest absolute Gasteiger partial charge is 0.478 e. The smallest absolute Gasteiger partial charge is 0.328 e. The maximum atomic E-state index is 9.55. The van der Waals surface area contributed by atoms with Crippen molar-refractivity contribution in [2.45, 2.75) is 22.6 Å². The first kappa shape index (κ1) is 24.0. The highest BCUT2D eigenvalue weighted by Gasteiger charge is 2.04. The molecule has 2 aromatic carbocycles. The molecule has 5 nitrogen and oxygen atoms in total. The van der Waals surface area contributed by atoms with Crippen LogP contribution in [0.5, 0.6) is 0 Å². The van der Waals surface area contributed by atoms with Gasteiger partial charge < -0.3 is 15.5 Å². The number of benzene rings is 2. The molecule has 0 saturated carbocycles. The molecule has 28 heavy (non-hydrogen) atoms. The Bertz CT molecular complexity index is 812. The van der Waals surface area contributed by atoms with Gasteiger partial charge in [0.1, 0.15) is 0 Å². The van der Waals surface area contributed by atoms with E-state index in [2.05, 4.69) is 29.6 Å². The van der Waals surface area contributed by atoms with Crippen LogP contribution in [0.4, 0.5) is 0 Å². The molecular weight excluding hydrogens is 421 g/mol. The van der Waals surface area contributed by atoms with Crippen LogP contribution in [0.25, 0.3) is 0 Å². The summed E-state index contributed by atoms with van der Waals surface area (Å²) in [5.74, 6) is -2.51. The van der Waals surface area contributed by atoms with Crippen molar-refractivity contribution in [3.05, 3.63) is 70.2 Å². The number of carboxylic acid groups (broad SMARTS) is 2. The van der Waals surface area contributed by atoms with Gasteiger partial charge in [-0.25, -0.2) is 9.59 Å². The van der Waals surface area contributed by atoms with E-state index in [-0.39, 0.29) is 0 Å². The Hall–Kier alpha value is -1.99. The number of nitrogens with one attached hydrogen (secondary N) is 1. The van der Waals surface area contributed by atoms with Crippen LogP contribution in [0.3, 0.4) is 0 Å². The Morgan fingerprint density at radius 3 is 2.36 bits per heavy atom. The van der Waals surface area contributed by atoms with Crippen LogP contribution in [0.1, 0.15) is 12.0 Å². The molecule has 2 aromatic rings. The molecule has 0 bridgehead atoms. The number of hydrogen-bond acceptors (Lipinski definition) is 4. The summed E-state index contributed by atoms with van der Waals surface area (Å²) in [6, 6.07) is 14.1. The van der Waals surface area contributed by atoms with Crippen LogP contribution in [0, 0.1) is 0 Å². The van der Waals surface area contributed by atoms with Crippen molar-refractivity contribution in [1.29, 1.82) is 0 Å². The number of aliphatic carboxylic acids is 2. The standard InChI is InChI=1S/C16H17Cl2NS.C4H4O4/c1-19-9-3-5-12-4-2-6-14(10-12)20-16-11-13(17)7-8-15(16)18;5-3(6)1-2-4(7)8/h2,4,6-8,10-11,19H,3,5,9H2,1H3;1-2H,(H,5,6)(H,7,8)/b;2-1+. The maximum absolute atomic E-state index is 9.55. The van der Waals surface area contributed by atoms with Gasteiger partial charge in [-0.1, -0.05) is 47.1 Å². The Labute approximate surface area is 178 Å². The Kier molecular flexibility index (Phi) is 11.4. The third-order valence-electron chi connectivity index (χ3n) is 3.28. The first-order valence-corrected chi connectivity index (χ1v) is 9.89. The van der Waals surface area contributed by atoms with Crippen molar-refractivity contribution >= 4 is 46.9 Å². The van der Waals surface area contributed by atoms with Gasteiger partial charge in [-0.15, -0.1) is 0 Å². The third kappa shape index (κ3) is 10.4. The average molecular weight is 442 g/mol. The molecule has 2 rings (SSSR count). The molecule has 0 saturated heterocycles. The van der Waals surface area contributed by atoms with Gasteiger partial charge in [0.05, 0.1) is 5.02 Å². The number of carboxylic acids is 2. The van der Waals surface area contributed by atoms with Crippen molar-refractivity contribution in [3.8, 4) is 0 Å². The summed E-state index contributed by atoms with van der Waals surface area (Å²) in [6.07, 6.45) is 3.34. The average Bonchev–Trinajstić information content (AvgIpc) is 2.64. The monoisotopic (exact) mass is 441 g/mol. The second kappa shape index (κ2) is 13.2. The van der Waals surface area contributed by atoms with E-state index in [0.717, 1.165) is 29.3 Å². The molecular formula is C20H21Cl2NO4S. The molecule has 0 amide bonds. The van der Waals surface area contributed by atoms with E-state index < -0.39 is 11.9 Å². The van der Waals surface area contributed by atoms with Gasteiger partial charge in [-0.2, -0.15) is 0 Å². The Balaban J connectivity index is 0.000000416. The minimum atomic E-state index is -1.26. The molecule has 0 fully saturated rings. The topological polar surface area (TPSA) is 86.6 Å². The Morgan fingerprint density at radius 2 is 1.75 bits per heavy atom. The molecule has 0 spiro atoms. The van der Waals surface area contributed by atoms with Gasteiger partial charge in [0.15, 0.2) is 0 Å². The minimum absolute atomic E-state index is 0.558. The van der Waals surface area contributed by atoms with E-state index in [1.54, 1.807) is 11.8 Å². The van der Waals surface area contributed by atoms with E-state index in [1.165, 1.54) is 10.5 Å². The van der Waals surface area contributed by atoms with Crippen LogP contribution in [-0.4, -0.2) is 35.7 Å². The molecule has 0 aromatic heterocycles. The first-order chi connectivity index (χ1) is 13.3. The van der Waals surface area contributed by atoms with Crippen LogP contribution < -0.4 is 5.32 Å². The lowest BCUT2D eigenvalue weighted by atomic mass is 10.1. The third-order valence-corrected chi connectivity index (χ3v) is 5.00. The summed E-state index contributed by atoms with van der Waals surface area (Å²) in [7, 11) is 1.98. The predicted molar refractivity (Wildman–Crippen MR) is 114 cm³/mol. The van der Waals surface area contributed by atoms with E-state index in [4.69, 9.17) is 33.4 Å². The van der Waals surface area contributed by atoms with E-state index in [1.807, 2.05) is 25.2 Å². The van der Waals surface area contributed by atoms with Gasteiger partial charge >= 0.3 is 11.9 Å². The van der Waals surface area contributed by atoms with Crippen molar-refractivity contribution in [1.82, 2.24) is 5.32 Å². The lowest BCUT2D eigenvalue weighted by Crippen LogP contribution is -2.08. The van der Waals surface area contributed by atoms with Gasteiger partial charge in [0.2, 0.25) is 0 Å². The van der Waals surface area contributed by atoms with E-state index >= 15 is 0 Å². The highest BCUT2D eigenvalue weighted by molar-refractivity contribution is 7.99. The molecule has 0 heterocycles. The molecule has 0 unspecified atom stereocenters. The van der Waals surface area contributed by atoms with Gasteiger partial charge in [0, 0.05) is 27.0 Å².